The van der Waals surface area contributed by atoms with Crippen LogP contribution in [0.2, 0.25) is 0 Å². The molecule has 0 bridgehead atoms. The van der Waals surface area contributed by atoms with E-state index in [2.05, 4.69) is 20.4 Å². The molecule has 0 spiro atoms. The highest BCUT2D eigenvalue weighted by Crippen LogP contribution is 2.30. The highest BCUT2D eigenvalue weighted by Gasteiger charge is 2.34. The van der Waals surface area contributed by atoms with Gasteiger partial charge in [-0.25, -0.2) is 14.5 Å². The SMILES string of the molecule is Cc1ncc(CCNc2nccn3nc(C(F)(F)F)cc23)s1. The predicted molar refractivity (Wildman–Crippen MR) is 77.0 cm³/mol. The number of halogens is 3. The number of nitrogens with one attached hydrogen (secondary N) is 1. The van der Waals surface area contributed by atoms with Crippen LogP contribution in [0.15, 0.2) is 24.7 Å². The van der Waals surface area contributed by atoms with E-state index in [0.29, 0.717) is 17.9 Å². The summed E-state index contributed by atoms with van der Waals surface area (Å²) in [6, 6.07) is 0.992. The van der Waals surface area contributed by atoms with Crippen molar-refractivity contribution in [3.63, 3.8) is 0 Å². The lowest BCUT2D eigenvalue weighted by Gasteiger charge is -2.05. The highest BCUT2D eigenvalue weighted by atomic mass is 32.1. The number of nitrogens with zero attached hydrogens (tertiary/aromatic N) is 4. The Kier molecular flexibility index (Phi) is 3.73. The number of anilines is 1. The van der Waals surface area contributed by atoms with Gasteiger partial charge in [-0.05, 0) is 6.92 Å². The average Bonchev–Trinajstić information content (AvgIpc) is 3.05. The van der Waals surface area contributed by atoms with Gasteiger partial charge in [-0.2, -0.15) is 18.3 Å². The molecule has 22 heavy (non-hydrogen) atoms. The first-order valence-electron chi connectivity index (χ1n) is 6.50. The molecule has 0 aliphatic rings. The van der Waals surface area contributed by atoms with Gasteiger partial charge in [0.05, 0.1) is 5.01 Å². The van der Waals surface area contributed by atoms with Gasteiger partial charge in [0.15, 0.2) is 11.5 Å². The second kappa shape index (κ2) is 5.56. The smallest absolute Gasteiger partial charge is 0.368 e. The fourth-order valence-electron chi connectivity index (χ4n) is 2.02. The summed E-state index contributed by atoms with van der Waals surface area (Å²) < 4.78 is 39.3. The number of rotatable bonds is 4. The molecule has 0 aliphatic carbocycles. The molecule has 3 rings (SSSR count). The molecule has 0 aromatic carbocycles. The summed E-state index contributed by atoms with van der Waals surface area (Å²) >= 11 is 1.60. The second-order valence-electron chi connectivity index (χ2n) is 4.66. The molecule has 0 aliphatic heterocycles. The molecule has 3 aromatic heterocycles. The monoisotopic (exact) mass is 327 g/mol. The van der Waals surface area contributed by atoms with Crippen molar-refractivity contribution in [3.8, 4) is 0 Å². The number of aromatic nitrogens is 4. The molecular weight excluding hydrogens is 315 g/mol. The van der Waals surface area contributed by atoms with Crippen LogP contribution in [0.25, 0.3) is 5.52 Å². The van der Waals surface area contributed by atoms with E-state index in [-0.39, 0.29) is 0 Å². The van der Waals surface area contributed by atoms with Gasteiger partial charge < -0.3 is 5.32 Å². The van der Waals surface area contributed by atoms with Gasteiger partial charge in [0, 0.05) is 42.5 Å². The van der Waals surface area contributed by atoms with Crippen molar-refractivity contribution in [1.29, 1.82) is 0 Å². The fourth-order valence-corrected chi connectivity index (χ4v) is 2.82. The molecule has 3 heterocycles. The molecule has 0 unspecified atom stereocenters. The summed E-state index contributed by atoms with van der Waals surface area (Å²) in [6.45, 7) is 2.48. The first-order chi connectivity index (χ1) is 10.4. The molecule has 0 radical (unpaired) electrons. The van der Waals surface area contributed by atoms with E-state index in [1.807, 2.05) is 6.92 Å². The van der Waals surface area contributed by atoms with Crippen LogP contribution in [0.1, 0.15) is 15.6 Å². The van der Waals surface area contributed by atoms with Crippen molar-refractivity contribution in [2.24, 2.45) is 0 Å². The van der Waals surface area contributed by atoms with Crippen molar-refractivity contribution < 1.29 is 13.2 Å². The Morgan fingerprint density at radius 1 is 1.32 bits per heavy atom. The molecule has 0 saturated heterocycles. The van der Waals surface area contributed by atoms with Crippen molar-refractivity contribution >= 4 is 22.7 Å². The summed E-state index contributed by atoms with van der Waals surface area (Å²) in [7, 11) is 0. The van der Waals surface area contributed by atoms with Gasteiger partial charge >= 0.3 is 6.18 Å². The Bertz CT molecular complexity index is 792. The third-order valence-electron chi connectivity index (χ3n) is 3.01. The van der Waals surface area contributed by atoms with Gasteiger partial charge in [0.2, 0.25) is 0 Å². The molecule has 0 amide bonds. The van der Waals surface area contributed by atoms with Crippen LogP contribution in [0.5, 0.6) is 0 Å². The molecule has 116 valence electrons. The lowest BCUT2D eigenvalue weighted by molar-refractivity contribution is -0.141. The lowest BCUT2D eigenvalue weighted by atomic mass is 10.3. The summed E-state index contributed by atoms with van der Waals surface area (Å²) in [4.78, 5) is 9.36. The van der Waals surface area contributed by atoms with Gasteiger partial charge in [-0.15, -0.1) is 11.3 Å². The van der Waals surface area contributed by atoms with Gasteiger partial charge in [-0.3, -0.25) is 0 Å². The van der Waals surface area contributed by atoms with Gasteiger partial charge in [0.25, 0.3) is 0 Å². The minimum Gasteiger partial charge on any atom is -0.368 e. The van der Waals surface area contributed by atoms with Crippen LogP contribution in [0, 0.1) is 6.92 Å². The average molecular weight is 327 g/mol. The molecule has 0 saturated carbocycles. The Morgan fingerprint density at radius 3 is 2.82 bits per heavy atom. The Hall–Kier alpha value is -2.16. The molecule has 9 heteroatoms. The molecule has 5 nitrogen and oxygen atoms in total. The molecule has 3 aromatic rings. The van der Waals surface area contributed by atoms with E-state index in [4.69, 9.17) is 0 Å². The quantitative estimate of drug-likeness (QED) is 0.800. The Morgan fingerprint density at radius 2 is 2.14 bits per heavy atom. The number of thiazole rings is 1. The fraction of sp³-hybridized carbons (Fsp3) is 0.308. The predicted octanol–water partition coefficient (Wildman–Crippen LogP) is 3.17. The van der Waals surface area contributed by atoms with Crippen molar-refractivity contribution in [3.05, 3.63) is 40.2 Å². The zero-order valence-corrected chi connectivity index (χ0v) is 12.4. The highest BCUT2D eigenvalue weighted by molar-refractivity contribution is 7.11. The topological polar surface area (TPSA) is 55.1 Å². The standard InChI is InChI=1S/C13H12F3N5S/c1-8-19-7-9(22-8)2-3-17-12-10-6-11(13(14,15)16)20-21(10)5-4-18-12/h4-7H,2-3H2,1H3,(H,17,18). The van der Waals surface area contributed by atoms with Crippen molar-refractivity contribution in [1.82, 2.24) is 19.6 Å². The largest absolute Gasteiger partial charge is 0.435 e. The van der Waals surface area contributed by atoms with E-state index in [1.54, 1.807) is 17.5 Å². The zero-order chi connectivity index (χ0) is 15.7. The number of hydrogen-bond donors (Lipinski definition) is 1. The number of hydrogen-bond acceptors (Lipinski definition) is 5. The molecule has 0 fully saturated rings. The first-order valence-corrected chi connectivity index (χ1v) is 7.32. The second-order valence-corrected chi connectivity index (χ2v) is 5.97. The summed E-state index contributed by atoms with van der Waals surface area (Å²) in [5.41, 5.74) is -0.628. The maximum atomic E-state index is 12.7. The van der Waals surface area contributed by atoms with Crippen LogP contribution in [-0.2, 0) is 12.6 Å². The maximum absolute atomic E-state index is 12.7. The van der Waals surface area contributed by atoms with E-state index >= 15 is 0 Å². The third-order valence-corrected chi connectivity index (χ3v) is 3.99. The van der Waals surface area contributed by atoms with Crippen LogP contribution in [-0.4, -0.2) is 26.1 Å². The minimum absolute atomic E-state index is 0.301. The lowest BCUT2D eigenvalue weighted by Crippen LogP contribution is -2.07. The van der Waals surface area contributed by atoms with Crippen LogP contribution in [0.4, 0.5) is 19.0 Å². The third kappa shape index (κ3) is 3.03. The van der Waals surface area contributed by atoms with Crippen LogP contribution in [0.3, 0.4) is 0 Å². The molecular formula is C13H12F3N5S. The zero-order valence-electron chi connectivity index (χ0n) is 11.6. The van der Waals surface area contributed by atoms with Gasteiger partial charge in [-0.1, -0.05) is 0 Å². The first kappa shape index (κ1) is 14.8. The minimum atomic E-state index is -4.47. The number of aryl methyl sites for hydroxylation is 1. The number of fused-ring (bicyclic) bond motifs is 1. The Balaban J connectivity index is 1.77. The molecule has 1 N–H and O–H groups in total. The normalized spacial score (nSPS) is 12.0. The Labute approximate surface area is 127 Å². The van der Waals surface area contributed by atoms with Crippen LogP contribution >= 0.6 is 11.3 Å². The number of alkyl halides is 3. The van der Waals surface area contributed by atoms with Crippen molar-refractivity contribution in [2.45, 2.75) is 19.5 Å². The summed E-state index contributed by atoms with van der Waals surface area (Å²) in [5, 5.41) is 7.55. The van der Waals surface area contributed by atoms with E-state index in [9.17, 15) is 13.2 Å². The van der Waals surface area contributed by atoms with Crippen molar-refractivity contribution in [2.75, 3.05) is 11.9 Å². The summed E-state index contributed by atoms with van der Waals surface area (Å²) in [6.07, 6.45) is 0.871. The maximum Gasteiger partial charge on any atom is 0.435 e. The van der Waals surface area contributed by atoms with E-state index < -0.39 is 11.9 Å². The van der Waals surface area contributed by atoms with Crippen LogP contribution < -0.4 is 5.32 Å². The van der Waals surface area contributed by atoms with Gasteiger partial charge in [0.1, 0.15) is 5.52 Å². The summed E-state index contributed by atoms with van der Waals surface area (Å²) in [5.74, 6) is 0.381. The van der Waals surface area contributed by atoms with E-state index in [0.717, 1.165) is 22.4 Å². The van der Waals surface area contributed by atoms with E-state index in [1.165, 1.54) is 16.9 Å². The molecule has 0 atom stereocenters.